The number of likely N-dealkylation sites (tertiary alicyclic amines) is 1. The standard InChI is InChI=1S/C15H22N/c1-2-3-11-16-12-9-15(10-13-16)14-7-5-4-6-8-14/h4-8,11,15H,2-3,9-10,12-13H2,1H3. The number of hydrogen-bond donors (Lipinski definition) is 0. The van der Waals surface area contributed by atoms with E-state index < -0.39 is 0 Å². The van der Waals surface area contributed by atoms with Gasteiger partial charge in [0.1, 0.15) is 0 Å². The van der Waals surface area contributed by atoms with Crippen molar-refractivity contribution in [1.29, 1.82) is 0 Å². The van der Waals surface area contributed by atoms with Crippen molar-refractivity contribution in [3.63, 3.8) is 0 Å². The van der Waals surface area contributed by atoms with E-state index in [4.69, 9.17) is 0 Å². The van der Waals surface area contributed by atoms with Crippen LogP contribution in [0.25, 0.3) is 0 Å². The maximum atomic E-state index is 2.50. The second kappa shape index (κ2) is 6.05. The zero-order chi connectivity index (χ0) is 11.2. The quantitative estimate of drug-likeness (QED) is 0.739. The summed E-state index contributed by atoms with van der Waals surface area (Å²) in [4.78, 5) is 2.50. The number of piperidine rings is 1. The van der Waals surface area contributed by atoms with E-state index in [-0.39, 0.29) is 0 Å². The van der Waals surface area contributed by atoms with Crippen LogP contribution in [0.5, 0.6) is 0 Å². The molecule has 0 unspecified atom stereocenters. The Bertz CT molecular complexity index is 286. The number of hydrogen-bond acceptors (Lipinski definition) is 1. The minimum absolute atomic E-state index is 0.785. The van der Waals surface area contributed by atoms with Gasteiger partial charge in [-0.2, -0.15) is 0 Å². The second-order valence-corrected chi connectivity index (χ2v) is 4.69. The molecule has 0 atom stereocenters. The van der Waals surface area contributed by atoms with Gasteiger partial charge in [-0.15, -0.1) is 0 Å². The Morgan fingerprint density at radius 1 is 1.19 bits per heavy atom. The van der Waals surface area contributed by atoms with Gasteiger partial charge in [-0.3, -0.25) is 4.90 Å². The molecule has 1 aromatic rings. The second-order valence-electron chi connectivity index (χ2n) is 4.69. The van der Waals surface area contributed by atoms with Gasteiger partial charge in [-0.25, -0.2) is 0 Å². The third-order valence-corrected chi connectivity index (χ3v) is 3.48. The molecular weight excluding hydrogens is 194 g/mol. The minimum Gasteiger partial charge on any atom is -0.299 e. The summed E-state index contributed by atoms with van der Waals surface area (Å²) in [6.45, 7) is 7.10. The molecule has 1 aliphatic heterocycles. The molecule has 87 valence electrons. The van der Waals surface area contributed by atoms with Crippen LogP contribution in [-0.4, -0.2) is 18.0 Å². The molecule has 1 fully saturated rings. The smallest absolute Gasteiger partial charge is 0.0251 e. The van der Waals surface area contributed by atoms with Gasteiger partial charge in [0.25, 0.3) is 0 Å². The third kappa shape index (κ3) is 3.08. The lowest BCUT2D eigenvalue weighted by molar-refractivity contribution is 0.249. The molecule has 0 amide bonds. The molecule has 0 aliphatic carbocycles. The Labute approximate surface area is 99.5 Å². The lowest BCUT2D eigenvalue weighted by Gasteiger charge is -2.31. The van der Waals surface area contributed by atoms with Gasteiger partial charge in [0.2, 0.25) is 0 Å². The van der Waals surface area contributed by atoms with Crippen molar-refractivity contribution in [2.24, 2.45) is 0 Å². The molecule has 0 N–H and O–H groups in total. The minimum atomic E-state index is 0.785. The zero-order valence-electron chi connectivity index (χ0n) is 10.2. The molecule has 16 heavy (non-hydrogen) atoms. The summed E-state index contributed by atoms with van der Waals surface area (Å²) in [6, 6.07) is 11.0. The molecule has 2 rings (SSSR count). The van der Waals surface area contributed by atoms with Crippen molar-refractivity contribution < 1.29 is 0 Å². The normalized spacial score (nSPS) is 18.8. The number of benzene rings is 1. The Hall–Kier alpha value is -0.820. The van der Waals surface area contributed by atoms with Crippen LogP contribution in [0.15, 0.2) is 30.3 Å². The summed E-state index contributed by atoms with van der Waals surface area (Å²) < 4.78 is 0. The average molecular weight is 216 g/mol. The predicted molar refractivity (Wildman–Crippen MR) is 69.2 cm³/mol. The summed E-state index contributed by atoms with van der Waals surface area (Å²) in [5.41, 5.74) is 1.53. The molecule has 1 heterocycles. The van der Waals surface area contributed by atoms with Crippen LogP contribution in [0.4, 0.5) is 0 Å². The molecule has 1 aliphatic rings. The third-order valence-electron chi connectivity index (χ3n) is 3.48. The van der Waals surface area contributed by atoms with Crippen LogP contribution >= 0.6 is 0 Å². The molecule has 0 spiro atoms. The molecule has 1 radical (unpaired) electrons. The van der Waals surface area contributed by atoms with Gasteiger partial charge in [-0.05, 0) is 43.8 Å². The van der Waals surface area contributed by atoms with Gasteiger partial charge in [0.05, 0.1) is 0 Å². The summed E-state index contributed by atoms with van der Waals surface area (Å²) >= 11 is 0. The van der Waals surface area contributed by atoms with E-state index in [1.54, 1.807) is 0 Å². The van der Waals surface area contributed by atoms with Gasteiger partial charge < -0.3 is 0 Å². The first-order valence-corrected chi connectivity index (χ1v) is 6.52. The number of rotatable bonds is 4. The number of unbranched alkanes of at least 4 members (excludes halogenated alkanes) is 1. The van der Waals surface area contributed by atoms with Crippen LogP contribution in [0.2, 0.25) is 0 Å². The molecule has 0 saturated carbocycles. The van der Waals surface area contributed by atoms with Crippen molar-refractivity contribution in [1.82, 2.24) is 4.90 Å². The van der Waals surface area contributed by atoms with Crippen molar-refractivity contribution in [3.05, 3.63) is 42.4 Å². The molecular formula is C15H22N. The Balaban J connectivity index is 1.81. The summed E-state index contributed by atoms with van der Waals surface area (Å²) in [5.74, 6) is 0.785. The first kappa shape index (κ1) is 11.7. The maximum Gasteiger partial charge on any atom is 0.0251 e. The molecule has 1 heteroatoms. The largest absolute Gasteiger partial charge is 0.299 e. The molecule has 1 aromatic carbocycles. The zero-order valence-corrected chi connectivity index (χ0v) is 10.2. The highest BCUT2D eigenvalue weighted by Crippen LogP contribution is 2.28. The van der Waals surface area contributed by atoms with Crippen LogP contribution in [0, 0.1) is 6.54 Å². The fourth-order valence-electron chi connectivity index (χ4n) is 2.45. The fraction of sp³-hybridized carbons (Fsp3) is 0.533. The monoisotopic (exact) mass is 216 g/mol. The Kier molecular flexibility index (Phi) is 4.41. The van der Waals surface area contributed by atoms with E-state index in [1.807, 2.05) is 0 Å². The van der Waals surface area contributed by atoms with E-state index in [2.05, 4.69) is 48.7 Å². The number of nitrogens with zero attached hydrogens (tertiary/aromatic N) is 1. The van der Waals surface area contributed by atoms with Crippen molar-refractivity contribution in [3.8, 4) is 0 Å². The Morgan fingerprint density at radius 3 is 2.50 bits per heavy atom. The Morgan fingerprint density at radius 2 is 1.88 bits per heavy atom. The van der Waals surface area contributed by atoms with Crippen LogP contribution < -0.4 is 0 Å². The van der Waals surface area contributed by atoms with E-state index >= 15 is 0 Å². The van der Waals surface area contributed by atoms with E-state index in [0.29, 0.717) is 0 Å². The van der Waals surface area contributed by atoms with Crippen molar-refractivity contribution in [2.45, 2.75) is 38.5 Å². The van der Waals surface area contributed by atoms with E-state index in [1.165, 1.54) is 44.3 Å². The summed E-state index contributed by atoms with van der Waals surface area (Å²) in [6.07, 6.45) is 5.11. The van der Waals surface area contributed by atoms with Gasteiger partial charge in [0.15, 0.2) is 0 Å². The maximum absolute atomic E-state index is 2.50. The lowest BCUT2D eigenvalue weighted by atomic mass is 9.89. The molecule has 0 aromatic heterocycles. The van der Waals surface area contributed by atoms with E-state index in [0.717, 1.165) is 5.92 Å². The highest BCUT2D eigenvalue weighted by Gasteiger charge is 2.19. The first-order valence-electron chi connectivity index (χ1n) is 6.52. The average Bonchev–Trinajstić information content (AvgIpc) is 2.38. The van der Waals surface area contributed by atoms with Gasteiger partial charge >= 0.3 is 0 Å². The topological polar surface area (TPSA) is 3.24 Å². The van der Waals surface area contributed by atoms with Gasteiger partial charge in [0, 0.05) is 6.54 Å². The highest BCUT2D eigenvalue weighted by atomic mass is 15.1. The fourth-order valence-corrected chi connectivity index (χ4v) is 2.45. The van der Waals surface area contributed by atoms with Gasteiger partial charge in [-0.1, -0.05) is 43.7 Å². The molecule has 1 nitrogen and oxygen atoms in total. The van der Waals surface area contributed by atoms with Crippen molar-refractivity contribution >= 4 is 0 Å². The molecule has 0 bridgehead atoms. The highest BCUT2D eigenvalue weighted by molar-refractivity contribution is 5.20. The van der Waals surface area contributed by atoms with Crippen LogP contribution in [0.3, 0.4) is 0 Å². The predicted octanol–water partition coefficient (Wildman–Crippen LogP) is 3.83. The summed E-state index contributed by atoms with van der Waals surface area (Å²) in [5, 5.41) is 0. The summed E-state index contributed by atoms with van der Waals surface area (Å²) in [7, 11) is 0. The first-order chi connectivity index (χ1) is 7.90. The van der Waals surface area contributed by atoms with E-state index in [9.17, 15) is 0 Å². The van der Waals surface area contributed by atoms with Crippen molar-refractivity contribution in [2.75, 3.05) is 13.1 Å². The lowest BCUT2D eigenvalue weighted by Crippen LogP contribution is -2.30. The SMILES string of the molecule is CCC[CH]N1CCC(c2ccccc2)CC1. The van der Waals surface area contributed by atoms with Crippen LogP contribution in [0.1, 0.15) is 44.1 Å². The van der Waals surface area contributed by atoms with Crippen LogP contribution in [-0.2, 0) is 0 Å². The molecule has 1 saturated heterocycles.